The molecule has 0 aromatic heterocycles. The first-order chi connectivity index (χ1) is 10.1. The molecule has 0 heterocycles. The second-order valence-electron chi connectivity index (χ2n) is 7.87. The van der Waals surface area contributed by atoms with Gasteiger partial charge in [-0.25, -0.2) is 0 Å². The molecule has 2 saturated carbocycles. The zero-order valence-corrected chi connectivity index (χ0v) is 12.7. The second-order valence-corrected chi connectivity index (χ2v) is 7.87. The van der Waals surface area contributed by atoms with Gasteiger partial charge >= 0.3 is 0 Å². The van der Waals surface area contributed by atoms with E-state index in [0.29, 0.717) is 17.8 Å². The van der Waals surface area contributed by atoms with Crippen molar-refractivity contribution < 1.29 is 5.11 Å². The molecule has 0 spiro atoms. The Bertz CT molecular complexity index is 511. The summed E-state index contributed by atoms with van der Waals surface area (Å²) in [6, 6.07) is -0.111. The number of aliphatic hydroxyl groups is 1. The van der Waals surface area contributed by atoms with E-state index in [1.165, 1.54) is 18.4 Å². The number of hydrogen-bond donors (Lipinski definition) is 1. The molecule has 2 fully saturated rings. The third-order valence-electron chi connectivity index (χ3n) is 7.08. The summed E-state index contributed by atoms with van der Waals surface area (Å²) in [7, 11) is 0. The van der Waals surface area contributed by atoms with Gasteiger partial charge in [-0.05, 0) is 73.2 Å². The fraction of sp³-hybridized carbons (Fsp3) is 0.778. The fourth-order valence-corrected chi connectivity index (χ4v) is 5.83. The van der Waals surface area contributed by atoms with Gasteiger partial charge in [-0.1, -0.05) is 30.3 Å². The number of rotatable bonds is 1. The summed E-state index contributed by atoms with van der Waals surface area (Å²) in [5.41, 5.74) is 1.49. The third-order valence-corrected chi connectivity index (χ3v) is 7.08. The van der Waals surface area contributed by atoms with E-state index in [-0.39, 0.29) is 17.6 Å². The van der Waals surface area contributed by atoms with Crippen molar-refractivity contribution in [1.29, 1.82) is 0 Å². The molecule has 4 aliphatic rings. The molecule has 0 aliphatic heterocycles. The van der Waals surface area contributed by atoms with E-state index in [9.17, 15) is 10.0 Å². The molecular formula is C18H25NO2. The Hall–Kier alpha value is -0.960. The lowest BCUT2D eigenvalue weighted by atomic mass is 9.54. The van der Waals surface area contributed by atoms with Crippen LogP contribution in [0, 0.1) is 34.0 Å². The van der Waals surface area contributed by atoms with E-state index in [1.54, 1.807) is 0 Å². The highest BCUT2D eigenvalue weighted by atomic mass is 16.3. The minimum Gasteiger partial charge on any atom is -0.393 e. The molecule has 6 unspecified atom stereocenters. The average molecular weight is 287 g/mol. The number of nitroso groups, excluding NO2 is 1. The first-order valence-corrected chi connectivity index (χ1v) is 8.54. The van der Waals surface area contributed by atoms with E-state index >= 15 is 0 Å². The predicted octanol–water partition coefficient (Wildman–Crippen LogP) is 3.83. The molecule has 7 atom stereocenters. The predicted molar refractivity (Wildman–Crippen MR) is 82.6 cm³/mol. The van der Waals surface area contributed by atoms with Gasteiger partial charge in [-0.3, -0.25) is 0 Å². The summed E-state index contributed by atoms with van der Waals surface area (Å²) in [5, 5.41) is 13.6. The van der Waals surface area contributed by atoms with E-state index < -0.39 is 0 Å². The van der Waals surface area contributed by atoms with Crippen molar-refractivity contribution in [1.82, 2.24) is 0 Å². The van der Waals surface area contributed by atoms with Crippen LogP contribution in [0.15, 0.2) is 29.0 Å². The lowest BCUT2D eigenvalue weighted by molar-refractivity contribution is -0.0313. The van der Waals surface area contributed by atoms with Gasteiger partial charge in [0.25, 0.3) is 0 Å². The second kappa shape index (κ2) is 4.77. The Morgan fingerprint density at radius 3 is 2.90 bits per heavy atom. The highest BCUT2D eigenvalue weighted by Gasteiger charge is 2.55. The fourth-order valence-electron chi connectivity index (χ4n) is 5.83. The van der Waals surface area contributed by atoms with Gasteiger partial charge in [0, 0.05) is 0 Å². The maximum atomic E-state index is 10.8. The molecule has 0 aromatic carbocycles. The normalized spacial score (nSPS) is 51.6. The quantitative estimate of drug-likeness (QED) is 0.745. The minimum absolute atomic E-state index is 0.108. The summed E-state index contributed by atoms with van der Waals surface area (Å²) in [5.74, 6) is 2.62. The van der Waals surface area contributed by atoms with Crippen LogP contribution in [0.4, 0.5) is 0 Å². The lowest BCUT2D eigenvalue weighted by Gasteiger charge is -2.51. The van der Waals surface area contributed by atoms with Crippen LogP contribution in [0.2, 0.25) is 0 Å². The van der Waals surface area contributed by atoms with Crippen molar-refractivity contribution in [2.75, 3.05) is 0 Å². The van der Waals surface area contributed by atoms with Crippen LogP contribution < -0.4 is 0 Å². The van der Waals surface area contributed by atoms with Crippen LogP contribution in [0.3, 0.4) is 0 Å². The molecule has 4 aliphatic carbocycles. The number of hydrogen-bond acceptors (Lipinski definition) is 3. The molecule has 0 saturated heterocycles. The topological polar surface area (TPSA) is 49.7 Å². The van der Waals surface area contributed by atoms with Crippen molar-refractivity contribution in [2.24, 2.45) is 34.3 Å². The van der Waals surface area contributed by atoms with E-state index in [2.05, 4.69) is 30.3 Å². The molecule has 114 valence electrons. The standard InChI is InChI=1S/C18H25NO2/c1-18-9-8-14-13-5-3-12(19-21)10-11(13)2-4-15(14)16(18)6-7-17(18)20/h2,4,10,12-17,20H,3,5-9H2,1H3/t12?,13?,14?,15?,16?,17?,18-/m0/s1. The average Bonchev–Trinajstić information content (AvgIpc) is 2.82. The molecule has 0 amide bonds. The van der Waals surface area contributed by atoms with Gasteiger partial charge < -0.3 is 5.11 Å². The Morgan fingerprint density at radius 1 is 1.24 bits per heavy atom. The zero-order valence-electron chi connectivity index (χ0n) is 12.7. The van der Waals surface area contributed by atoms with Crippen molar-refractivity contribution >= 4 is 0 Å². The van der Waals surface area contributed by atoms with Crippen LogP contribution in [0.5, 0.6) is 0 Å². The van der Waals surface area contributed by atoms with Crippen LogP contribution >= 0.6 is 0 Å². The molecule has 1 N–H and O–H groups in total. The van der Waals surface area contributed by atoms with Crippen LogP contribution in [0.25, 0.3) is 0 Å². The lowest BCUT2D eigenvalue weighted by Crippen LogP contribution is -2.46. The van der Waals surface area contributed by atoms with Gasteiger partial charge in [0.1, 0.15) is 6.04 Å². The summed E-state index contributed by atoms with van der Waals surface area (Å²) in [6.45, 7) is 2.30. The molecule has 4 rings (SSSR count). The Kier molecular flexibility index (Phi) is 3.11. The van der Waals surface area contributed by atoms with Crippen LogP contribution in [-0.2, 0) is 0 Å². The Labute approximate surface area is 126 Å². The van der Waals surface area contributed by atoms with E-state index in [4.69, 9.17) is 0 Å². The Balaban J connectivity index is 1.66. The Morgan fingerprint density at radius 2 is 2.10 bits per heavy atom. The van der Waals surface area contributed by atoms with Crippen molar-refractivity contribution in [3.05, 3.63) is 28.7 Å². The molecule has 0 radical (unpaired) electrons. The number of allylic oxidation sites excluding steroid dienone is 3. The van der Waals surface area contributed by atoms with Gasteiger partial charge in [0.2, 0.25) is 0 Å². The molecular weight excluding hydrogens is 262 g/mol. The van der Waals surface area contributed by atoms with Gasteiger partial charge in [-0.2, -0.15) is 4.91 Å². The summed E-state index contributed by atoms with van der Waals surface area (Å²) >= 11 is 0. The maximum absolute atomic E-state index is 10.8. The van der Waals surface area contributed by atoms with Gasteiger partial charge in [-0.15, -0.1) is 0 Å². The third kappa shape index (κ3) is 1.89. The highest BCUT2D eigenvalue weighted by Crippen LogP contribution is 2.60. The molecule has 21 heavy (non-hydrogen) atoms. The first kappa shape index (κ1) is 13.7. The van der Waals surface area contributed by atoms with E-state index in [0.717, 1.165) is 31.6 Å². The van der Waals surface area contributed by atoms with Crippen molar-refractivity contribution in [3.63, 3.8) is 0 Å². The van der Waals surface area contributed by atoms with Crippen LogP contribution in [-0.4, -0.2) is 17.3 Å². The SMILES string of the molecule is C[C@]12CCC3C4CCC(N=O)C=C4C=CC3C1CCC2O. The van der Waals surface area contributed by atoms with Crippen molar-refractivity contribution in [2.45, 2.75) is 57.6 Å². The van der Waals surface area contributed by atoms with Gasteiger partial charge in [0.15, 0.2) is 0 Å². The molecule has 3 nitrogen and oxygen atoms in total. The number of nitrogens with zero attached hydrogens (tertiary/aromatic N) is 1. The first-order valence-electron chi connectivity index (χ1n) is 8.54. The zero-order chi connectivity index (χ0) is 14.6. The molecule has 0 aromatic rings. The van der Waals surface area contributed by atoms with Gasteiger partial charge in [0.05, 0.1) is 6.10 Å². The number of fused-ring (bicyclic) bond motifs is 5. The highest BCUT2D eigenvalue weighted by molar-refractivity contribution is 5.32. The molecule has 3 heteroatoms. The minimum atomic E-state index is -0.111. The summed E-state index contributed by atoms with van der Waals surface area (Å²) in [6.07, 6.45) is 13.2. The summed E-state index contributed by atoms with van der Waals surface area (Å²) < 4.78 is 0. The smallest absolute Gasteiger partial charge is 0.111 e. The van der Waals surface area contributed by atoms with Crippen molar-refractivity contribution in [3.8, 4) is 0 Å². The maximum Gasteiger partial charge on any atom is 0.111 e. The largest absolute Gasteiger partial charge is 0.393 e. The van der Waals surface area contributed by atoms with Crippen LogP contribution in [0.1, 0.15) is 45.4 Å². The molecule has 0 bridgehead atoms. The number of aliphatic hydroxyl groups excluding tert-OH is 1. The summed E-state index contributed by atoms with van der Waals surface area (Å²) in [4.78, 5) is 10.8. The monoisotopic (exact) mass is 287 g/mol. The van der Waals surface area contributed by atoms with E-state index in [1.807, 2.05) is 0 Å².